The molecule has 1 N–H and O–H groups in total. The predicted molar refractivity (Wildman–Crippen MR) is 88.5 cm³/mol. The summed E-state index contributed by atoms with van der Waals surface area (Å²) >= 11 is 0. The van der Waals surface area contributed by atoms with Gasteiger partial charge in [-0.3, -0.25) is 0 Å². The van der Waals surface area contributed by atoms with Crippen LogP contribution in [-0.4, -0.2) is 11.1 Å². The van der Waals surface area contributed by atoms with Crippen molar-refractivity contribution in [2.75, 3.05) is 0 Å². The van der Waals surface area contributed by atoms with Crippen LogP contribution in [0.15, 0.2) is 48.5 Å². The van der Waals surface area contributed by atoms with Crippen molar-refractivity contribution in [2.45, 2.75) is 19.4 Å². The van der Waals surface area contributed by atoms with Gasteiger partial charge in [-0.15, -0.1) is 0 Å². The minimum atomic E-state index is -0.958. The smallest absolute Gasteiger partial charge is 0.335 e. The van der Waals surface area contributed by atoms with Crippen molar-refractivity contribution in [1.29, 1.82) is 5.26 Å². The Kier molecular flexibility index (Phi) is 3.17. The van der Waals surface area contributed by atoms with Crippen LogP contribution in [-0.2, 0) is 6.61 Å². The number of carboxylic acid groups (broad SMARTS) is 1. The first-order valence-electron chi connectivity index (χ1n) is 7.85. The second-order valence-electron chi connectivity index (χ2n) is 6.29. The molecule has 0 saturated heterocycles. The van der Waals surface area contributed by atoms with E-state index < -0.39 is 11.4 Å². The Morgan fingerprint density at radius 1 is 1.21 bits per heavy atom. The number of nitriles is 1. The van der Waals surface area contributed by atoms with Gasteiger partial charge in [0, 0.05) is 5.56 Å². The number of nitrogens with zero attached hydrogens (tertiary/aromatic N) is 1. The van der Waals surface area contributed by atoms with Crippen molar-refractivity contribution >= 4 is 11.5 Å². The van der Waals surface area contributed by atoms with Gasteiger partial charge >= 0.3 is 5.97 Å². The summed E-state index contributed by atoms with van der Waals surface area (Å²) in [7, 11) is 0. The van der Waals surface area contributed by atoms with Crippen molar-refractivity contribution in [3.05, 3.63) is 70.8 Å². The topological polar surface area (TPSA) is 70.3 Å². The molecule has 1 heterocycles. The van der Waals surface area contributed by atoms with Crippen LogP contribution in [0.3, 0.4) is 0 Å². The molecule has 0 unspecified atom stereocenters. The first kappa shape index (κ1) is 14.5. The van der Waals surface area contributed by atoms with E-state index in [1.807, 2.05) is 36.4 Å². The van der Waals surface area contributed by atoms with Gasteiger partial charge in [-0.05, 0) is 47.7 Å². The molecule has 0 radical (unpaired) electrons. The maximum Gasteiger partial charge on any atom is 0.335 e. The molecule has 1 saturated carbocycles. The van der Waals surface area contributed by atoms with Crippen LogP contribution in [0.1, 0.15) is 39.9 Å². The number of para-hydroxylation sites is 1. The Bertz CT molecular complexity index is 917. The van der Waals surface area contributed by atoms with Crippen LogP contribution in [0.2, 0.25) is 0 Å². The van der Waals surface area contributed by atoms with Crippen molar-refractivity contribution in [3.63, 3.8) is 0 Å². The van der Waals surface area contributed by atoms with Crippen molar-refractivity contribution in [3.8, 4) is 11.8 Å². The van der Waals surface area contributed by atoms with E-state index in [9.17, 15) is 15.2 Å². The molecular formula is C20H15NO3. The highest BCUT2D eigenvalue weighted by atomic mass is 16.5. The van der Waals surface area contributed by atoms with Gasteiger partial charge in [0.25, 0.3) is 0 Å². The average molecular weight is 317 g/mol. The van der Waals surface area contributed by atoms with Gasteiger partial charge in [0.1, 0.15) is 12.4 Å². The van der Waals surface area contributed by atoms with Crippen LogP contribution in [0.25, 0.3) is 5.57 Å². The predicted octanol–water partition coefficient (Wildman–Crippen LogP) is 4.01. The third-order valence-corrected chi connectivity index (χ3v) is 4.63. The number of carboxylic acids is 1. The van der Waals surface area contributed by atoms with E-state index in [1.54, 1.807) is 12.1 Å². The average Bonchev–Trinajstić information content (AvgIpc) is 3.39. The van der Waals surface area contributed by atoms with Crippen LogP contribution < -0.4 is 4.74 Å². The van der Waals surface area contributed by atoms with Crippen molar-refractivity contribution in [1.82, 2.24) is 0 Å². The van der Waals surface area contributed by atoms with Crippen molar-refractivity contribution < 1.29 is 14.6 Å². The number of carbonyl (C=O) groups is 1. The summed E-state index contributed by atoms with van der Waals surface area (Å²) in [6.45, 7) is 0.310. The van der Waals surface area contributed by atoms with Gasteiger partial charge in [-0.1, -0.05) is 30.3 Å². The van der Waals surface area contributed by atoms with Gasteiger partial charge in [-0.25, -0.2) is 4.79 Å². The minimum Gasteiger partial charge on any atom is -0.488 e. The Hall–Kier alpha value is -3.06. The molecule has 4 heteroatoms. The largest absolute Gasteiger partial charge is 0.488 e. The quantitative estimate of drug-likeness (QED) is 0.908. The molecule has 1 aliphatic carbocycles. The molecule has 0 amide bonds. The van der Waals surface area contributed by atoms with Gasteiger partial charge in [0.2, 0.25) is 0 Å². The maximum atomic E-state index is 11.3. The molecule has 0 atom stereocenters. The number of rotatable bonds is 2. The summed E-state index contributed by atoms with van der Waals surface area (Å²) in [5.41, 5.74) is 3.49. The molecule has 0 spiro atoms. The Labute approximate surface area is 139 Å². The van der Waals surface area contributed by atoms with Gasteiger partial charge in [0.15, 0.2) is 0 Å². The Morgan fingerprint density at radius 2 is 2.00 bits per heavy atom. The lowest BCUT2D eigenvalue weighted by Gasteiger charge is -2.12. The summed E-state index contributed by atoms with van der Waals surface area (Å²) < 4.78 is 5.89. The molecule has 4 nitrogen and oxygen atoms in total. The highest BCUT2D eigenvalue weighted by Crippen LogP contribution is 2.50. The summed E-state index contributed by atoms with van der Waals surface area (Å²) in [5.74, 6) is -0.202. The first-order valence-corrected chi connectivity index (χ1v) is 7.85. The van der Waals surface area contributed by atoms with Crippen LogP contribution in [0.5, 0.6) is 5.75 Å². The normalized spacial score (nSPS) is 18.5. The molecule has 1 fully saturated rings. The monoisotopic (exact) mass is 317 g/mol. The van der Waals surface area contributed by atoms with E-state index in [1.165, 1.54) is 0 Å². The van der Waals surface area contributed by atoms with E-state index >= 15 is 0 Å². The number of ether oxygens (including phenoxy) is 1. The lowest BCUT2D eigenvalue weighted by molar-refractivity contribution is 0.0696. The zero-order valence-corrected chi connectivity index (χ0v) is 13.0. The third-order valence-electron chi connectivity index (χ3n) is 4.63. The number of aromatic carboxylic acids is 1. The standard InChI is InChI=1S/C20H15NO3/c21-12-20(7-8-20)10-17-15-6-5-13(19(22)23)9-14(15)11-24-18-4-2-1-3-16(17)18/h1-6,9-10H,7-8,11H2,(H,22,23)/b17-10+. The highest BCUT2D eigenvalue weighted by Gasteiger charge is 2.42. The summed E-state index contributed by atoms with van der Waals surface area (Å²) in [5, 5.41) is 18.7. The Balaban J connectivity index is 1.94. The van der Waals surface area contributed by atoms with Crippen LogP contribution in [0, 0.1) is 16.7 Å². The lowest BCUT2D eigenvalue weighted by atomic mass is 9.90. The summed E-state index contributed by atoms with van der Waals surface area (Å²) in [4.78, 5) is 11.3. The molecule has 1 aliphatic heterocycles. The van der Waals surface area contributed by atoms with E-state index in [0.717, 1.165) is 40.9 Å². The second-order valence-corrected chi connectivity index (χ2v) is 6.29. The first-order chi connectivity index (χ1) is 11.6. The maximum absolute atomic E-state index is 11.3. The molecule has 2 aromatic carbocycles. The molecule has 118 valence electrons. The zero-order chi connectivity index (χ0) is 16.7. The van der Waals surface area contributed by atoms with Crippen LogP contribution in [0.4, 0.5) is 0 Å². The van der Waals surface area contributed by atoms with Crippen molar-refractivity contribution in [2.24, 2.45) is 5.41 Å². The van der Waals surface area contributed by atoms with E-state index in [0.29, 0.717) is 6.61 Å². The van der Waals surface area contributed by atoms with E-state index in [-0.39, 0.29) is 5.56 Å². The number of benzene rings is 2. The molecule has 0 bridgehead atoms. The van der Waals surface area contributed by atoms with E-state index in [4.69, 9.17) is 4.74 Å². The zero-order valence-electron chi connectivity index (χ0n) is 13.0. The minimum absolute atomic E-state index is 0.240. The number of allylic oxidation sites excluding steroid dienone is 1. The molecule has 4 rings (SSSR count). The molecule has 0 aromatic heterocycles. The summed E-state index contributed by atoms with van der Waals surface area (Å²) in [6, 6.07) is 15.2. The van der Waals surface area contributed by atoms with Gasteiger partial charge < -0.3 is 9.84 Å². The van der Waals surface area contributed by atoms with Gasteiger partial charge in [0.05, 0.1) is 17.0 Å². The Morgan fingerprint density at radius 3 is 2.71 bits per heavy atom. The van der Waals surface area contributed by atoms with Crippen LogP contribution >= 0.6 is 0 Å². The van der Waals surface area contributed by atoms with E-state index in [2.05, 4.69) is 6.07 Å². The third kappa shape index (κ3) is 2.35. The second kappa shape index (κ2) is 5.24. The lowest BCUT2D eigenvalue weighted by Crippen LogP contribution is -2.02. The molecule has 24 heavy (non-hydrogen) atoms. The van der Waals surface area contributed by atoms with Gasteiger partial charge in [-0.2, -0.15) is 5.26 Å². The fraction of sp³-hybridized carbons (Fsp3) is 0.200. The molecular weight excluding hydrogens is 302 g/mol. The molecule has 2 aromatic rings. The highest BCUT2D eigenvalue weighted by molar-refractivity contribution is 5.91. The number of fused-ring (bicyclic) bond motifs is 2. The molecule has 2 aliphatic rings. The fourth-order valence-corrected chi connectivity index (χ4v) is 3.08. The SMILES string of the molecule is N#CC1(/C=C2\c3ccc(C(=O)O)cc3COc3ccccc32)CC1. The summed E-state index contributed by atoms with van der Waals surface area (Å²) in [6.07, 6.45) is 3.75. The fourth-order valence-electron chi connectivity index (χ4n) is 3.08. The number of hydrogen-bond acceptors (Lipinski definition) is 3. The number of hydrogen-bond donors (Lipinski definition) is 1.